The van der Waals surface area contributed by atoms with Crippen molar-refractivity contribution in [1.29, 1.82) is 0 Å². The van der Waals surface area contributed by atoms with Gasteiger partial charge in [-0.1, -0.05) is 13.0 Å². The minimum Gasteiger partial charge on any atom is -0.351 e. The van der Waals surface area contributed by atoms with Crippen LogP contribution in [0.3, 0.4) is 0 Å². The predicted molar refractivity (Wildman–Crippen MR) is 76.6 cm³/mol. The first-order valence-electron chi connectivity index (χ1n) is 6.87. The molecule has 0 radical (unpaired) electrons. The summed E-state index contributed by atoms with van der Waals surface area (Å²) in [6, 6.07) is 5.80. The molecule has 0 bridgehead atoms. The third kappa shape index (κ3) is 2.12. The fraction of sp³-hybridized carbons (Fsp3) is 0.429. The monoisotopic (exact) mass is 273 g/mol. The zero-order valence-electron chi connectivity index (χ0n) is 11.5. The van der Waals surface area contributed by atoms with Crippen LogP contribution >= 0.6 is 0 Å². The van der Waals surface area contributed by atoms with Crippen LogP contribution in [0.25, 0.3) is 5.52 Å². The van der Waals surface area contributed by atoms with E-state index < -0.39 is 0 Å². The number of nitrogens with two attached hydrogens (primary N) is 1. The summed E-state index contributed by atoms with van der Waals surface area (Å²) in [6.07, 6.45) is 3.72. The molecule has 1 aliphatic heterocycles. The van der Waals surface area contributed by atoms with E-state index in [-0.39, 0.29) is 18.0 Å². The molecule has 3 rings (SSSR count). The van der Waals surface area contributed by atoms with Crippen LogP contribution in [-0.4, -0.2) is 46.2 Å². The average Bonchev–Trinajstić information content (AvgIpc) is 2.94. The highest BCUT2D eigenvalue weighted by atomic mass is 16.2. The molecule has 6 heteroatoms. The van der Waals surface area contributed by atoms with E-state index in [4.69, 9.17) is 5.73 Å². The van der Waals surface area contributed by atoms with Gasteiger partial charge in [-0.2, -0.15) is 5.10 Å². The second kappa shape index (κ2) is 5.13. The second-order valence-electron chi connectivity index (χ2n) is 5.22. The number of nitrogens with zero attached hydrogens (tertiary/aromatic N) is 3. The predicted octanol–water partition coefficient (Wildman–Crippen LogP) is 0.790. The summed E-state index contributed by atoms with van der Waals surface area (Å²) < 4.78 is 1.86. The zero-order chi connectivity index (χ0) is 14.1. The molecule has 2 amide bonds. The lowest BCUT2D eigenvalue weighted by atomic mass is 9.91. The number of nitrogens with one attached hydrogen (secondary N) is 1. The van der Waals surface area contributed by atoms with Crippen molar-refractivity contribution in [2.24, 2.45) is 5.73 Å². The molecule has 3 heterocycles. The Morgan fingerprint density at radius 2 is 2.40 bits per heavy atom. The largest absolute Gasteiger partial charge is 0.351 e. The highest BCUT2D eigenvalue weighted by molar-refractivity contribution is 5.73. The van der Waals surface area contributed by atoms with E-state index >= 15 is 0 Å². The van der Waals surface area contributed by atoms with Crippen LogP contribution in [0.4, 0.5) is 4.79 Å². The third-order valence-electron chi connectivity index (χ3n) is 4.10. The van der Waals surface area contributed by atoms with Gasteiger partial charge in [0.2, 0.25) is 0 Å². The Labute approximate surface area is 117 Å². The Morgan fingerprint density at radius 1 is 1.55 bits per heavy atom. The number of rotatable bonds is 2. The molecule has 2 aromatic rings. The van der Waals surface area contributed by atoms with Gasteiger partial charge in [0.1, 0.15) is 0 Å². The first kappa shape index (κ1) is 12.9. The fourth-order valence-corrected chi connectivity index (χ4v) is 3.01. The van der Waals surface area contributed by atoms with E-state index in [9.17, 15) is 4.79 Å². The normalized spacial score (nSPS) is 21.1. The van der Waals surface area contributed by atoms with Crippen LogP contribution in [0.2, 0.25) is 0 Å². The van der Waals surface area contributed by atoms with E-state index in [1.54, 1.807) is 11.1 Å². The average molecular weight is 273 g/mol. The summed E-state index contributed by atoms with van der Waals surface area (Å²) in [5.74, 6) is 0.190. The van der Waals surface area contributed by atoms with Gasteiger partial charge in [-0.3, -0.25) is 0 Å². The number of hydrogen-bond donors (Lipinski definition) is 2. The molecule has 1 fully saturated rings. The van der Waals surface area contributed by atoms with Crippen LogP contribution in [0, 0.1) is 0 Å². The molecule has 6 nitrogen and oxygen atoms in total. The van der Waals surface area contributed by atoms with Crippen LogP contribution < -0.4 is 11.1 Å². The molecule has 20 heavy (non-hydrogen) atoms. The fourth-order valence-electron chi connectivity index (χ4n) is 3.01. The number of aromatic nitrogens is 2. The number of fused-ring (bicyclic) bond motifs is 1. The Bertz CT molecular complexity index is 623. The minimum atomic E-state index is -0.344. The van der Waals surface area contributed by atoms with Gasteiger partial charge in [0.15, 0.2) is 0 Å². The van der Waals surface area contributed by atoms with Crippen molar-refractivity contribution in [3.8, 4) is 0 Å². The lowest BCUT2D eigenvalue weighted by molar-refractivity contribution is 0.155. The summed E-state index contributed by atoms with van der Waals surface area (Å²) in [5.41, 5.74) is 7.77. The van der Waals surface area contributed by atoms with Crippen LogP contribution in [-0.2, 0) is 0 Å². The molecule has 1 saturated heterocycles. The van der Waals surface area contributed by atoms with Crippen molar-refractivity contribution in [3.63, 3.8) is 0 Å². The number of carbonyl (C=O) groups is 1. The second-order valence-corrected chi connectivity index (χ2v) is 5.22. The maximum atomic E-state index is 11.6. The van der Waals surface area contributed by atoms with Crippen molar-refractivity contribution in [2.75, 3.05) is 19.6 Å². The molecule has 3 N–H and O–H groups in total. The molecule has 0 spiro atoms. The minimum absolute atomic E-state index is 0.0716. The molecule has 0 saturated carbocycles. The van der Waals surface area contributed by atoms with Gasteiger partial charge in [-0.05, 0) is 17.7 Å². The maximum Gasteiger partial charge on any atom is 0.315 e. The Balaban J connectivity index is 1.96. The van der Waals surface area contributed by atoms with Gasteiger partial charge in [0.25, 0.3) is 0 Å². The number of piperazine rings is 1. The number of hydrogen-bond acceptors (Lipinski definition) is 3. The van der Waals surface area contributed by atoms with Crippen molar-refractivity contribution in [1.82, 2.24) is 19.8 Å². The molecule has 0 aliphatic carbocycles. The molecular weight excluding hydrogens is 254 g/mol. The van der Waals surface area contributed by atoms with E-state index in [2.05, 4.69) is 23.4 Å². The Kier molecular flexibility index (Phi) is 3.31. The van der Waals surface area contributed by atoms with Crippen LogP contribution in [0.5, 0.6) is 0 Å². The Hall–Kier alpha value is -2.08. The van der Waals surface area contributed by atoms with Crippen LogP contribution in [0.15, 0.2) is 30.6 Å². The van der Waals surface area contributed by atoms with Crippen molar-refractivity contribution in [2.45, 2.75) is 18.9 Å². The first-order valence-corrected chi connectivity index (χ1v) is 6.87. The SMILES string of the molecule is C[C@H](c1cccn2nccc12)C1CNCCN1C(N)=O. The highest BCUT2D eigenvalue weighted by Crippen LogP contribution is 2.27. The quantitative estimate of drug-likeness (QED) is 0.849. The molecule has 1 unspecified atom stereocenters. The topological polar surface area (TPSA) is 75.7 Å². The number of pyridine rings is 1. The lowest BCUT2D eigenvalue weighted by Gasteiger charge is -2.38. The number of urea groups is 1. The smallest absolute Gasteiger partial charge is 0.315 e. The summed E-state index contributed by atoms with van der Waals surface area (Å²) in [7, 11) is 0. The molecule has 0 aromatic carbocycles. The van der Waals surface area contributed by atoms with E-state index in [0.717, 1.165) is 18.6 Å². The molecule has 1 aliphatic rings. The number of amides is 2. The standard InChI is InChI=1S/C14H19N5O/c1-10(13-9-16-6-8-18(13)14(15)20)11-3-2-7-19-12(11)4-5-17-19/h2-5,7,10,13,16H,6,8-9H2,1H3,(H2,15,20)/t10-,13?/m1/s1. The molecule has 106 valence electrons. The summed E-state index contributed by atoms with van der Waals surface area (Å²) >= 11 is 0. The van der Waals surface area contributed by atoms with Gasteiger partial charge >= 0.3 is 6.03 Å². The molecule has 2 atom stereocenters. The number of primary amides is 1. The van der Waals surface area contributed by atoms with E-state index in [1.165, 1.54) is 5.56 Å². The molecular formula is C14H19N5O. The van der Waals surface area contributed by atoms with Gasteiger partial charge in [-0.25, -0.2) is 9.31 Å². The summed E-state index contributed by atoms with van der Waals surface area (Å²) in [5, 5.41) is 7.60. The van der Waals surface area contributed by atoms with Crippen molar-refractivity contribution < 1.29 is 4.79 Å². The Morgan fingerprint density at radius 3 is 3.20 bits per heavy atom. The van der Waals surface area contributed by atoms with Crippen LogP contribution in [0.1, 0.15) is 18.4 Å². The van der Waals surface area contributed by atoms with Crippen molar-refractivity contribution >= 4 is 11.5 Å². The summed E-state index contributed by atoms with van der Waals surface area (Å²) in [4.78, 5) is 13.4. The van der Waals surface area contributed by atoms with Gasteiger partial charge in [0.05, 0.1) is 11.6 Å². The van der Waals surface area contributed by atoms with Gasteiger partial charge in [0, 0.05) is 37.9 Å². The zero-order valence-corrected chi connectivity index (χ0v) is 11.5. The molecule has 2 aromatic heterocycles. The van der Waals surface area contributed by atoms with Gasteiger partial charge < -0.3 is 16.0 Å². The van der Waals surface area contributed by atoms with E-state index in [0.29, 0.717) is 6.54 Å². The van der Waals surface area contributed by atoms with Crippen molar-refractivity contribution in [3.05, 3.63) is 36.2 Å². The highest BCUT2D eigenvalue weighted by Gasteiger charge is 2.31. The van der Waals surface area contributed by atoms with E-state index in [1.807, 2.05) is 22.8 Å². The summed E-state index contributed by atoms with van der Waals surface area (Å²) in [6.45, 7) is 4.35. The van der Waals surface area contributed by atoms with Gasteiger partial charge in [-0.15, -0.1) is 0 Å². The number of carbonyl (C=O) groups excluding carboxylic acids is 1. The third-order valence-corrected chi connectivity index (χ3v) is 4.10. The lowest BCUT2D eigenvalue weighted by Crippen LogP contribution is -2.57. The first-order chi connectivity index (χ1) is 9.68. The maximum absolute atomic E-state index is 11.6.